The summed E-state index contributed by atoms with van der Waals surface area (Å²) in [5, 5.41) is 1.01. The van der Waals surface area contributed by atoms with Crippen LogP contribution in [0, 0.1) is 0 Å². The number of likely N-dealkylation sites (tertiary alicyclic amines) is 1. The zero-order chi connectivity index (χ0) is 17.5. The molecule has 1 aliphatic heterocycles. The van der Waals surface area contributed by atoms with E-state index in [1.165, 1.54) is 6.08 Å². The highest BCUT2D eigenvalue weighted by Gasteiger charge is 2.16. The monoisotopic (exact) mass is 338 g/mol. The van der Waals surface area contributed by atoms with Gasteiger partial charge in [-0.3, -0.25) is 9.78 Å². The minimum absolute atomic E-state index is 0.115. The molecular weight excluding hydrogens is 316 g/mol. The summed E-state index contributed by atoms with van der Waals surface area (Å²) >= 11 is 0. The SMILES string of the molecule is O=C(/C=C/c1cccc2cccnc12)OCC(=O)N1CCCCCC1. The second-order valence-corrected chi connectivity index (χ2v) is 6.16. The molecule has 2 heterocycles. The van der Waals surface area contributed by atoms with Gasteiger partial charge < -0.3 is 9.64 Å². The van der Waals surface area contributed by atoms with Crippen LogP contribution in [0.3, 0.4) is 0 Å². The van der Waals surface area contributed by atoms with Crippen molar-refractivity contribution in [1.82, 2.24) is 9.88 Å². The lowest BCUT2D eigenvalue weighted by molar-refractivity contribution is -0.148. The first kappa shape index (κ1) is 17.1. The minimum Gasteiger partial charge on any atom is -0.452 e. The largest absolute Gasteiger partial charge is 0.452 e. The second-order valence-electron chi connectivity index (χ2n) is 6.16. The van der Waals surface area contributed by atoms with Crippen LogP contribution in [-0.4, -0.2) is 41.5 Å². The van der Waals surface area contributed by atoms with Crippen molar-refractivity contribution in [3.05, 3.63) is 48.2 Å². The molecule has 1 saturated heterocycles. The summed E-state index contributed by atoms with van der Waals surface area (Å²) < 4.78 is 5.09. The van der Waals surface area contributed by atoms with E-state index in [0.29, 0.717) is 0 Å². The van der Waals surface area contributed by atoms with Crippen LogP contribution in [0.15, 0.2) is 42.6 Å². The molecular formula is C20H22N2O3. The average Bonchev–Trinajstić information content (AvgIpc) is 2.94. The number of ether oxygens (including phenoxy) is 1. The Labute approximate surface area is 147 Å². The fourth-order valence-electron chi connectivity index (χ4n) is 3.01. The summed E-state index contributed by atoms with van der Waals surface area (Å²) in [7, 11) is 0. The number of fused-ring (bicyclic) bond motifs is 1. The Kier molecular flexibility index (Phi) is 5.77. The highest BCUT2D eigenvalue weighted by molar-refractivity contribution is 5.93. The summed E-state index contributed by atoms with van der Waals surface area (Å²) in [6.07, 6.45) is 9.10. The van der Waals surface area contributed by atoms with Crippen LogP contribution < -0.4 is 0 Å². The molecule has 5 heteroatoms. The number of esters is 1. The van der Waals surface area contributed by atoms with E-state index in [1.54, 1.807) is 17.2 Å². The molecule has 1 amide bonds. The third-order valence-electron chi connectivity index (χ3n) is 4.36. The van der Waals surface area contributed by atoms with Crippen molar-refractivity contribution in [2.45, 2.75) is 25.7 Å². The smallest absolute Gasteiger partial charge is 0.331 e. The van der Waals surface area contributed by atoms with Crippen LogP contribution in [-0.2, 0) is 14.3 Å². The van der Waals surface area contributed by atoms with Crippen LogP contribution in [0.5, 0.6) is 0 Å². The molecule has 5 nitrogen and oxygen atoms in total. The third kappa shape index (κ3) is 4.66. The lowest BCUT2D eigenvalue weighted by Crippen LogP contribution is -2.35. The zero-order valence-electron chi connectivity index (χ0n) is 14.2. The van der Waals surface area contributed by atoms with Gasteiger partial charge in [0.1, 0.15) is 0 Å². The molecule has 0 atom stereocenters. The zero-order valence-corrected chi connectivity index (χ0v) is 14.2. The molecule has 0 bridgehead atoms. The summed E-state index contributed by atoms with van der Waals surface area (Å²) in [5.41, 5.74) is 1.67. The summed E-state index contributed by atoms with van der Waals surface area (Å²) in [4.78, 5) is 30.2. The van der Waals surface area contributed by atoms with Gasteiger partial charge in [-0.15, -0.1) is 0 Å². The first-order chi connectivity index (χ1) is 12.2. The van der Waals surface area contributed by atoms with E-state index >= 15 is 0 Å². The van der Waals surface area contributed by atoms with Gasteiger partial charge in [-0.1, -0.05) is 37.1 Å². The number of nitrogens with zero attached hydrogens (tertiary/aromatic N) is 2. The van der Waals surface area contributed by atoms with E-state index < -0.39 is 5.97 Å². The predicted octanol–water partition coefficient (Wildman–Crippen LogP) is 3.19. The summed E-state index contributed by atoms with van der Waals surface area (Å²) in [5.74, 6) is -0.633. The molecule has 3 rings (SSSR count). The van der Waals surface area contributed by atoms with Crippen molar-refractivity contribution in [2.24, 2.45) is 0 Å². The number of benzene rings is 1. The molecule has 1 aliphatic rings. The number of hydrogen-bond donors (Lipinski definition) is 0. The van der Waals surface area contributed by atoms with Crippen molar-refractivity contribution in [2.75, 3.05) is 19.7 Å². The van der Waals surface area contributed by atoms with Gasteiger partial charge in [-0.25, -0.2) is 4.79 Å². The van der Waals surface area contributed by atoms with Crippen molar-refractivity contribution in [3.63, 3.8) is 0 Å². The number of para-hydroxylation sites is 1. The van der Waals surface area contributed by atoms with Gasteiger partial charge >= 0.3 is 5.97 Å². The van der Waals surface area contributed by atoms with Crippen molar-refractivity contribution in [1.29, 1.82) is 0 Å². The van der Waals surface area contributed by atoms with Crippen LogP contribution in [0.25, 0.3) is 17.0 Å². The highest BCUT2D eigenvalue weighted by atomic mass is 16.5. The van der Waals surface area contributed by atoms with E-state index in [-0.39, 0.29) is 12.5 Å². The molecule has 0 radical (unpaired) electrons. The van der Waals surface area contributed by atoms with E-state index in [0.717, 1.165) is 55.2 Å². The van der Waals surface area contributed by atoms with Crippen LogP contribution in [0.1, 0.15) is 31.2 Å². The van der Waals surface area contributed by atoms with E-state index in [2.05, 4.69) is 4.98 Å². The first-order valence-corrected chi connectivity index (χ1v) is 8.70. The molecule has 1 aromatic carbocycles. The maximum absolute atomic E-state index is 12.1. The number of carbonyl (C=O) groups is 2. The van der Waals surface area contributed by atoms with Gasteiger partial charge in [0.2, 0.25) is 0 Å². The summed E-state index contributed by atoms with van der Waals surface area (Å²) in [6.45, 7) is 1.32. The molecule has 1 fully saturated rings. The predicted molar refractivity (Wildman–Crippen MR) is 96.8 cm³/mol. The molecule has 0 N–H and O–H groups in total. The molecule has 0 unspecified atom stereocenters. The standard InChI is InChI=1S/C20H22N2O3/c23-18(22-13-3-1-2-4-14-22)15-25-19(24)11-10-17-8-5-7-16-9-6-12-21-20(16)17/h5-12H,1-4,13-15H2/b11-10+. The molecule has 0 saturated carbocycles. The number of aromatic nitrogens is 1. The Morgan fingerprint density at radius 1 is 1.08 bits per heavy atom. The molecule has 1 aromatic heterocycles. The van der Waals surface area contributed by atoms with Gasteiger partial charge in [0.05, 0.1) is 5.52 Å². The van der Waals surface area contributed by atoms with Gasteiger partial charge in [-0.05, 0) is 25.0 Å². The molecule has 25 heavy (non-hydrogen) atoms. The minimum atomic E-state index is -0.517. The Balaban J connectivity index is 1.56. The van der Waals surface area contributed by atoms with Crippen molar-refractivity contribution < 1.29 is 14.3 Å². The first-order valence-electron chi connectivity index (χ1n) is 8.70. The lowest BCUT2D eigenvalue weighted by Gasteiger charge is -2.19. The Morgan fingerprint density at radius 3 is 2.64 bits per heavy atom. The van der Waals surface area contributed by atoms with Crippen LogP contribution in [0.2, 0.25) is 0 Å². The molecule has 130 valence electrons. The van der Waals surface area contributed by atoms with Gasteiger partial charge in [-0.2, -0.15) is 0 Å². The molecule has 2 aromatic rings. The maximum Gasteiger partial charge on any atom is 0.331 e. The van der Waals surface area contributed by atoms with E-state index in [9.17, 15) is 9.59 Å². The number of rotatable bonds is 4. The average molecular weight is 338 g/mol. The number of amides is 1. The fourth-order valence-corrected chi connectivity index (χ4v) is 3.01. The van der Waals surface area contributed by atoms with Crippen LogP contribution >= 0.6 is 0 Å². The van der Waals surface area contributed by atoms with Crippen molar-refractivity contribution in [3.8, 4) is 0 Å². The van der Waals surface area contributed by atoms with Gasteiger partial charge in [0.15, 0.2) is 6.61 Å². The highest BCUT2D eigenvalue weighted by Crippen LogP contribution is 2.17. The Hall–Kier alpha value is -2.69. The third-order valence-corrected chi connectivity index (χ3v) is 4.36. The molecule has 0 spiro atoms. The van der Waals surface area contributed by atoms with Crippen molar-refractivity contribution >= 4 is 28.9 Å². The Bertz CT molecular complexity index is 772. The van der Waals surface area contributed by atoms with Gasteiger partial charge in [0, 0.05) is 36.3 Å². The Morgan fingerprint density at radius 2 is 1.84 bits per heavy atom. The molecule has 0 aliphatic carbocycles. The van der Waals surface area contributed by atoms with E-state index in [1.807, 2.05) is 30.3 Å². The maximum atomic E-state index is 12.1. The fraction of sp³-hybridized carbons (Fsp3) is 0.350. The normalized spacial score (nSPS) is 15.3. The lowest BCUT2D eigenvalue weighted by atomic mass is 10.1. The summed E-state index contributed by atoms with van der Waals surface area (Å²) in [6, 6.07) is 9.62. The van der Waals surface area contributed by atoms with Crippen LogP contribution in [0.4, 0.5) is 0 Å². The number of pyridine rings is 1. The van der Waals surface area contributed by atoms with E-state index in [4.69, 9.17) is 4.74 Å². The second kappa shape index (κ2) is 8.42. The quantitative estimate of drug-likeness (QED) is 0.634. The number of carbonyl (C=O) groups excluding carboxylic acids is 2. The van der Waals surface area contributed by atoms with Gasteiger partial charge in [0.25, 0.3) is 5.91 Å². The topological polar surface area (TPSA) is 59.5 Å². The number of hydrogen-bond acceptors (Lipinski definition) is 4.